The van der Waals surface area contributed by atoms with Crippen LogP contribution >= 0.6 is 0 Å². The first kappa shape index (κ1) is 20.8. The number of carbonyl (C=O) groups excluding carboxylic acids is 1. The zero-order valence-electron chi connectivity index (χ0n) is 16.2. The number of nitrogens with zero attached hydrogens (tertiary/aromatic N) is 2. The van der Waals surface area contributed by atoms with Crippen molar-refractivity contribution in [2.75, 3.05) is 32.8 Å². The Morgan fingerprint density at radius 1 is 1.35 bits per heavy atom. The number of ether oxygens (including phenoxy) is 2. The number of hydrogen-bond donors (Lipinski definition) is 1. The molecular weight excluding hydrogens is 330 g/mol. The molecule has 1 aliphatic heterocycles. The fourth-order valence-electron chi connectivity index (χ4n) is 3.33. The number of primary amides is 1. The zero-order valence-corrected chi connectivity index (χ0v) is 16.2. The summed E-state index contributed by atoms with van der Waals surface area (Å²) in [6, 6.07) is 2.12. The molecular formula is C20H33N3O3. The van der Waals surface area contributed by atoms with Crippen LogP contribution in [0.1, 0.15) is 56.8 Å². The molecule has 2 N–H and O–H groups in total. The highest BCUT2D eigenvalue weighted by Crippen LogP contribution is 2.35. The third kappa shape index (κ3) is 6.67. The maximum absolute atomic E-state index is 9.59. The summed E-state index contributed by atoms with van der Waals surface area (Å²) < 4.78 is 11.9. The lowest BCUT2D eigenvalue weighted by atomic mass is 10.1. The number of hydrogen-bond acceptors (Lipinski definition) is 5. The molecule has 2 aliphatic rings. The summed E-state index contributed by atoms with van der Waals surface area (Å²) in [5, 5.41) is 0. The van der Waals surface area contributed by atoms with Gasteiger partial charge in [0.25, 0.3) is 0 Å². The predicted octanol–water partition coefficient (Wildman–Crippen LogP) is 2.47. The van der Waals surface area contributed by atoms with Crippen LogP contribution < -0.4 is 5.73 Å². The number of fused-ring (bicyclic) bond motifs is 1. The smallest absolute Gasteiger partial charge is 0.217 e. The lowest BCUT2D eigenvalue weighted by Crippen LogP contribution is -2.27. The fourth-order valence-corrected chi connectivity index (χ4v) is 3.33. The summed E-state index contributed by atoms with van der Waals surface area (Å²) in [7, 11) is 0. The molecule has 1 amide bonds. The molecule has 1 aliphatic carbocycles. The van der Waals surface area contributed by atoms with Crippen LogP contribution in [0.4, 0.5) is 0 Å². The van der Waals surface area contributed by atoms with Crippen LogP contribution in [0, 0.1) is 0 Å². The van der Waals surface area contributed by atoms with Crippen LogP contribution in [0.15, 0.2) is 18.5 Å². The Bertz CT molecular complexity index is 553. The number of pyridine rings is 1. The van der Waals surface area contributed by atoms with E-state index in [9.17, 15) is 4.79 Å². The van der Waals surface area contributed by atoms with E-state index in [1.54, 1.807) is 6.92 Å². The fraction of sp³-hybridized carbons (Fsp3) is 0.700. The zero-order chi connectivity index (χ0) is 18.8. The van der Waals surface area contributed by atoms with Crippen LogP contribution in [-0.2, 0) is 20.7 Å². The van der Waals surface area contributed by atoms with E-state index < -0.39 is 0 Å². The van der Waals surface area contributed by atoms with E-state index in [1.165, 1.54) is 11.1 Å². The third-order valence-electron chi connectivity index (χ3n) is 4.80. The Hall–Kier alpha value is -1.50. The van der Waals surface area contributed by atoms with Gasteiger partial charge in [0.2, 0.25) is 5.91 Å². The molecule has 2 heterocycles. The van der Waals surface area contributed by atoms with Gasteiger partial charge in [-0.2, -0.15) is 0 Å². The molecule has 26 heavy (non-hydrogen) atoms. The van der Waals surface area contributed by atoms with Crippen LogP contribution in [0.2, 0.25) is 0 Å². The third-order valence-corrected chi connectivity index (χ3v) is 4.80. The first-order chi connectivity index (χ1) is 12.6. The molecule has 0 aromatic carbocycles. The van der Waals surface area contributed by atoms with Gasteiger partial charge in [-0.15, -0.1) is 0 Å². The largest absolute Gasteiger partial charge is 0.380 e. The summed E-state index contributed by atoms with van der Waals surface area (Å²) >= 11 is 0. The SMILES string of the molecule is CCC(N)=O.CCCOCCN1CCC(OC2CCc3cnccc32)C1. The van der Waals surface area contributed by atoms with Crippen LogP contribution in [0.5, 0.6) is 0 Å². The quantitative estimate of drug-likeness (QED) is 0.718. The molecule has 0 spiro atoms. The molecule has 0 bridgehead atoms. The summed E-state index contributed by atoms with van der Waals surface area (Å²) in [6.45, 7) is 8.81. The summed E-state index contributed by atoms with van der Waals surface area (Å²) in [5.41, 5.74) is 7.38. The average Bonchev–Trinajstić information content (AvgIpc) is 3.27. The molecule has 3 rings (SSSR count). The van der Waals surface area contributed by atoms with Crippen molar-refractivity contribution >= 4 is 5.91 Å². The lowest BCUT2D eigenvalue weighted by molar-refractivity contribution is -0.117. The van der Waals surface area contributed by atoms with Gasteiger partial charge in [-0.1, -0.05) is 13.8 Å². The van der Waals surface area contributed by atoms with Crippen LogP contribution in [0.25, 0.3) is 0 Å². The van der Waals surface area contributed by atoms with E-state index in [-0.39, 0.29) is 12.0 Å². The van der Waals surface area contributed by atoms with Gasteiger partial charge in [0.05, 0.1) is 18.8 Å². The Morgan fingerprint density at radius 2 is 2.15 bits per heavy atom. The highest BCUT2D eigenvalue weighted by atomic mass is 16.5. The van der Waals surface area contributed by atoms with E-state index >= 15 is 0 Å². The van der Waals surface area contributed by atoms with Crippen molar-refractivity contribution in [1.82, 2.24) is 9.88 Å². The molecule has 2 unspecified atom stereocenters. The minimum Gasteiger partial charge on any atom is -0.380 e. The van der Waals surface area contributed by atoms with Crippen LogP contribution in [-0.4, -0.2) is 54.7 Å². The molecule has 6 nitrogen and oxygen atoms in total. The monoisotopic (exact) mass is 363 g/mol. The van der Waals surface area contributed by atoms with Gasteiger partial charge in [-0.25, -0.2) is 0 Å². The van der Waals surface area contributed by atoms with Gasteiger partial charge in [-0.3, -0.25) is 14.7 Å². The second-order valence-electron chi connectivity index (χ2n) is 6.88. The minimum absolute atomic E-state index is 0.245. The molecule has 0 saturated carbocycles. The molecule has 0 radical (unpaired) electrons. The molecule has 1 aromatic rings. The van der Waals surface area contributed by atoms with Crippen molar-refractivity contribution in [2.45, 2.75) is 58.2 Å². The molecule has 1 aromatic heterocycles. The van der Waals surface area contributed by atoms with Crippen molar-refractivity contribution in [3.05, 3.63) is 29.6 Å². The van der Waals surface area contributed by atoms with Gasteiger partial charge >= 0.3 is 0 Å². The Morgan fingerprint density at radius 3 is 2.88 bits per heavy atom. The topological polar surface area (TPSA) is 77.7 Å². The number of carbonyl (C=O) groups is 1. The molecule has 146 valence electrons. The van der Waals surface area contributed by atoms with E-state index in [1.807, 2.05) is 12.4 Å². The number of nitrogens with two attached hydrogens (primary N) is 1. The number of likely N-dealkylation sites (tertiary alicyclic amines) is 1. The first-order valence-corrected chi connectivity index (χ1v) is 9.80. The van der Waals surface area contributed by atoms with Gasteiger partial charge in [0.15, 0.2) is 0 Å². The van der Waals surface area contributed by atoms with E-state index in [0.717, 1.165) is 58.5 Å². The standard InChI is InChI=1S/C17H26N2O2.C3H7NO/c1-2-10-20-11-9-19-8-6-15(13-19)21-17-4-3-14-12-18-7-5-16(14)17;1-2-3(4)5/h5,7,12,15,17H,2-4,6,8-11,13H2,1H3;2H2,1H3,(H2,4,5). The second-order valence-corrected chi connectivity index (χ2v) is 6.88. The maximum atomic E-state index is 9.59. The average molecular weight is 364 g/mol. The Kier molecular flexibility index (Phi) is 9.01. The molecule has 1 saturated heterocycles. The van der Waals surface area contributed by atoms with Crippen molar-refractivity contribution in [1.29, 1.82) is 0 Å². The summed E-state index contributed by atoms with van der Waals surface area (Å²) in [6.07, 6.45) is 9.43. The van der Waals surface area contributed by atoms with Crippen LogP contribution in [0.3, 0.4) is 0 Å². The number of rotatable bonds is 8. The summed E-state index contributed by atoms with van der Waals surface area (Å²) in [4.78, 5) is 16.3. The van der Waals surface area contributed by atoms with E-state index in [0.29, 0.717) is 12.5 Å². The normalized spacial score (nSPS) is 21.9. The molecule has 1 fully saturated rings. The highest BCUT2D eigenvalue weighted by molar-refractivity contribution is 5.73. The Labute approximate surface area is 157 Å². The number of aromatic nitrogens is 1. The summed E-state index contributed by atoms with van der Waals surface area (Å²) in [5.74, 6) is -0.245. The van der Waals surface area contributed by atoms with Gasteiger partial charge in [-0.05, 0) is 42.9 Å². The second kappa shape index (κ2) is 11.3. The van der Waals surface area contributed by atoms with Crippen molar-refractivity contribution in [3.63, 3.8) is 0 Å². The highest BCUT2D eigenvalue weighted by Gasteiger charge is 2.29. The van der Waals surface area contributed by atoms with Gasteiger partial charge in [0.1, 0.15) is 0 Å². The Balaban J connectivity index is 0.000000431. The predicted molar refractivity (Wildman–Crippen MR) is 102 cm³/mol. The van der Waals surface area contributed by atoms with Gasteiger partial charge < -0.3 is 15.2 Å². The molecule has 6 heteroatoms. The first-order valence-electron chi connectivity index (χ1n) is 9.80. The van der Waals surface area contributed by atoms with E-state index in [4.69, 9.17) is 9.47 Å². The minimum atomic E-state index is -0.245. The van der Waals surface area contributed by atoms with E-state index in [2.05, 4.69) is 28.6 Å². The lowest BCUT2D eigenvalue weighted by Gasteiger charge is -2.20. The van der Waals surface area contributed by atoms with Crippen molar-refractivity contribution in [2.24, 2.45) is 5.73 Å². The number of aryl methyl sites for hydroxylation is 1. The van der Waals surface area contributed by atoms with Crippen molar-refractivity contribution in [3.8, 4) is 0 Å². The molecule has 2 atom stereocenters. The number of amides is 1. The maximum Gasteiger partial charge on any atom is 0.217 e. The van der Waals surface area contributed by atoms with Crippen molar-refractivity contribution < 1.29 is 14.3 Å². The van der Waals surface area contributed by atoms with Gasteiger partial charge in [0, 0.05) is 45.1 Å².